The van der Waals surface area contributed by atoms with Gasteiger partial charge in [0, 0.05) is 12.8 Å². The number of thioether (sulfide) groups is 1. The van der Waals surface area contributed by atoms with Gasteiger partial charge < -0.3 is 37.8 Å². The summed E-state index contributed by atoms with van der Waals surface area (Å²) in [5.41, 5.74) is 18.9. The van der Waals surface area contributed by atoms with Crippen LogP contribution in [0.15, 0.2) is 84.9 Å². The minimum atomic E-state index is -1.18. The summed E-state index contributed by atoms with van der Waals surface area (Å²) in [7, 11) is 9.75. The zero-order valence-electron chi connectivity index (χ0n) is 30.7. The van der Waals surface area contributed by atoms with E-state index in [9.17, 15) is 33.9 Å². The molecule has 0 bridgehead atoms. The van der Waals surface area contributed by atoms with Gasteiger partial charge in [0.15, 0.2) is 0 Å². The number of hydrazine groups is 1. The molecule has 0 heterocycles. The van der Waals surface area contributed by atoms with Crippen molar-refractivity contribution in [1.29, 1.82) is 0 Å². The number of nitrogens with one attached hydrogen (secondary N) is 6. The van der Waals surface area contributed by atoms with Gasteiger partial charge in [0.05, 0.1) is 18.6 Å². The number of aromatic hydroxyl groups is 1. The summed E-state index contributed by atoms with van der Waals surface area (Å²) in [6.07, 6.45) is 2.64. The minimum absolute atomic E-state index is 0.0437. The van der Waals surface area contributed by atoms with Gasteiger partial charge in [-0.05, 0) is 60.6 Å². The van der Waals surface area contributed by atoms with Crippen LogP contribution in [0.1, 0.15) is 30.0 Å². The Kier molecular flexibility index (Phi) is 22.8. The van der Waals surface area contributed by atoms with E-state index in [0.29, 0.717) is 23.3 Å². The van der Waals surface area contributed by atoms with Crippen LogP contribution in [0.4, 0.5) is 0 Å². The first-order chi connectivity index (χ1) is 26.8. The monoisotopic (exact) mass is 1010 g/mol. The average Bonchev–Trinajstić information content (AvgIpc) is 3.19. The molecule has 0 radical (unpaired) electrons. The Morgan fingerprint density at radius 3 is 1.62 bits per heavy atom. The fourth-order valence-corrected chi connectivity index (χ4v) is 5.49. The van der Waals surface area contributed by atoms with E-state index in [0.717, 1.165) is 5.56 Å². The molecule has 3 rings (SSSR count). The summed E-state index contributed by atoms with van der Waals surface area (Å²) in [5, 5.41) is 19.6. The van der Waals surface area contributed by atoms with E-state index >= 15 is 0 Å². The Morgan fingerprint density at radius 1 is 0.661 bits per heavy atom. The van der Waals surface area contributed by atoms with Crippen LogP contribution < -0.4 is 43.6 Å². The second-order valence-electron chi connectivity index (χ2n) is 12.4. The van der Waals surface area contributed by atoms with Crippen molar-refractivity contribution in [3.63, 3.8) is 0 Å². The molecule has 308 valence electrons. The third kappa shape index (κ3) is 18.6. The quantitative estimate of drug-likeness (QED) is 0.0770. The first-order valence-electron chi connectivity index (χ1n) is 17.2. The molecule has 11 N–H and O–H groups in total. The Labute approximate surface area is 346 Å². The van der Waals surface area contributed by atoms with E-state index in [4.69, 9.17) is 30.3 Å². The van der Waals surface area contributed by atoms with Gasteiger partial charge >= 0.3 is 35.3 Å². The van der Waals surface area contributed by atoms with Crippen molar-refractivity contribution in [3.8, 4) is 5.75 Å². The normalized spacial score (nSPS) is 13.2. The van der Waals surface area contributed by atoms with Crippen molar-refractivity contribution in [3.05, 3.63) is 102 Å². The zero-order chi connectivity index (χ0) is 41.5. The van der Waals surface area contributed by atoms with Crippen LogP contribution in [-0.4, -0.2) is 89.3 Å². The molecule has 19 heteroatoms. The Balaban J connectivity index is 0.00000349. The van der Waals surface area contributed by atoms with E-state index in [-0.39, 0.29) is 25.0 Å². The van der Waals surface area contributed by atoms with Crippen molar-refractivity contribution in [2.75, 3.05) is 18.6 Å². The predicted molar refractivity (Wildman–Crippen MR) is 214 cm³/mol. The van der Waals surface area contributed by atoms with Crippen LogP contribution >= 0.6 is 30.6 Å². The first kappa shape index (κ1) is 48.0. The number of halogens is 2. The van der Waals surface area contributed by atoms with E-state index in [1.165, 1.54) is 19.1 Å². The number of rotatable bonds is 19. The fourth-order valence-electron chi connectivity index (χ4n) is 5.00. The first-order valence-corrected chi connectivity index (χ1v) is 24.3. The Hall–Kier alpha value is -4.18. The Bertz CT molecular complexity index is 1700. The third-order valence-corrected chi connectivity index (χ3v) is 8.68. The van der Waals surface area contributed by atoms with Crippen LogP contribution in [-0.2, 0) is 64.5 Å². The summed E-state index contributed by atoms with van der Waals surface area (Å²) in [6, 6.07) is 19.0. The summed E-state index contributed by atoms with van der Waals surface area (Å²) in [5.74, 6) is -3.20. The molecule has 0 aromatic heterocycles. The van der Waals surface area contributed by atoms with Crippen LogP contribution in [0.3, 0.4) is 0 Å². The number of phenolic OH excluding ortho intramolecular Hbond substituents is 1. The molecule has 3 aromatic carbocycles. The summed E-state index contributed by atoms with van der Waals surface area (Å²) in [4.78, 5) is 77.8. The van der Waals surface area contributed by atoms with Gasteiger partial charge in [0.1, 0.15) is 23.9 Å². The number of phenols is 1. The molecule has 0 saturated carbocycles. The molecule has 6 amide bonds. The number of benzene rings is 3. The number of hydrogen-bond acceptors (Lipinski definition) is 10. The molecule has 3 aromatic rings. The summed E-state index contributed by atoms with van der Waals surface area (Å²) < 4.78 is 0. The van der Waals surface area contributed by atoms with Gasteiger partial charge in [0.25, 0.3) is 11.8 Å². The van der Waals surface area contributed by atoms with Crippen LogP contribution in [0.25, 0.3) is 0 Å². The van der Waals surface area contributed by atoms with Gasteiger partial charge in [-0.2, -0.15) is 11.8 Å². The van der Waals surface area contributed by atoms with Crippen molar-refractivity contribution in [2.45, 2.75) is 62.8 Å². The number of nitrogens with two attached hydrogens (primary N) is 2. The molecule has 56 heavy (non-hydrogen) atoms. The molecule has 15 nitrogen and oxygen atoms in total. The predicted octanol–water partition coefficient (Wildman–Crippen LogP) is 0.942. The number of hydrogen-bond donors (Lipinski definition) is 9. The molecule has 0 aliphatic carbocycles. The van der Waals surface area contributed by atoms with Crippen molar-refractivity contribution < 1.29 is 50.4 Å². The van der Waals surface area contributed by atoms with Gasteiger partial charge in [-0.3, -0.25) is 39.6 Å². The molecule has 0 aliphatic rings. The van der Waals surface area contributed by atoms with Crippen molar-refractivity contribution >= 4 is 66.0 Å². The van der Waals surface area contributed by atoms with Gasteiger partial charge in [-0.1, -0.05) is 72.8 Å². The molecular weight excluding hydrogens is 967 g/mol. The molecule has 0 fully saturated rings. The van der Waals surface area contributed by atoms with Crippen LogP contribution in [0.5, 0.6) is 5.75 Å². The van der Waals surface area contributed by atoms with E-state index < -0.39 is 88.7 Å². The second-order valence-corrected chi connectivity index (χ2v) is 16.7. The molecule has 0 saturated heterocycles. The van der Waals surface area contributed by atoms with E-state index in [2.05, 4.69) is 32.1 Å². The van der Waals surface area contributed by atoms with Crippen molar-refractivity contribution in [1.82, 2.24) is 32.1 Å². The number of carbonyl (C=O) groups excluding carboxylic acids is 6. The standard InChI is InChI=1S/C37H48N8O7S.2ClH.Pt/c1-23(41-35(50)29(39)19-26-13-15-27(46)16-14-26)33(48)40-22-32(47)42-30(20-24-9-5-3-6-10-24)36(51)44-45-37(52)31(21-25-11-7-4-8-12-25)43-34(49)28(38)17-18-53-2;;;/h3-16,23,28-31,46H,17-22,38-39H2,1-2H3,(H,40,48)(H,41,50)(H,42,47)(H,43,49)(H,44,51)(H,45,52);2*1H;/q;;;+2/p-2/t23-,28?,29+,30+,31-;;;/m1.../s1. The second kappa shape index (κ2) is 26.6. The van der Waals surface area contributed by atoms with E-state index in [1.807, 2.05) is 12.3 Å². The zero-order valence-corrected chi connectivity index (χ0v) is 35.3. The average molecular weight is 1010 g/mol. The molecule has 1 unspecified atom stereocenters. The summed E-state index contributed by atoms with van der Waals surface area (Å²) >= 11 is 1.07. The third-order valence-electron chi connectivity index (χ3n) is 8.03. The Morgan fingerprint density at radius 2 is 1.12 bits per heavy atom. The molecular formula is C37H48Cl2N8O7PtS. The fraction of sp³-hybridized carbons (Fsp3) is 0.351. The maximum atomic E-state index is 13.4. The topological polar surface area (TPSA) is 247 Å². The van der Waals surface area contributed by atoms with E-state index in [1.54, 1.807) is 78.5 Å². The maximum absolute atomic E-state index is 13.4. The van der Waals surface area contributed by atoms with Crippen LogP contribution in [0.2, 0.25) is 0 Å². The SMILES string of the molecule is CSCCC(N)C(=O)N[C@H](Cc1ccccc1)C(=O)NNC(=O)[C@H](Cc1ccccc1)NC(=O)CNC(=O)[C@@H](C)NC(=O)[C@@H](N)Cc1ccc(O)cc1.[Cl][Pt][Cl]. The molecule has 0 spiro atoms. The summed E-state index contributed by atoms with van der Waals surface area (Å²) in [6.45, 7) is 0.906. The van der Waals surface area contributed by atoms with Crippen molar-refractivity contribution in [2.24, 2.45) is 11.5 Å². The van der Waals surface area contributed by atoms with Gasteiger partial charge in [-0.25, -0.2) is 0 Å². The van der Waals surface area contributed by atoms with Crippen LogP contribution in [0, 0.1) is 0 Å². The number of carbonyl (C=O) groups is 6. The van der Waals surface area contributed by atoms with Gasteiger partial charge in [-0.15, -0.1) is 0 Å². The van der Waals surface area contributed by atoms with Gasteiger partial charge in [0.2, 0.25) is 23.6 Å². The number of amides is 6. The molecule has 5 atom stereocenters. The molecule has 0 aliphatic heterocycles.